The molecule has 7 heteroatoms. The number of hydrogen-bond acceptors (Lipinski definition) is 4. The fraction of sp³-hybridized carbons (Fsp3) is 0.318. The number of ketones is 1. The Morgan fingerprint density at radius 1 is 1.10 bits per heavy atom. The van der Waals surface area contributed by atoms with Crippen LogP contribution in [0.25, 0.3) is 0 Å². The molecule has 2 aromatic rings. The first-order valence-corrected chi connectivity index (χ1v) is 9.39. The van der Waals surface area contributed by atoms with Crippen LogP contribution in [0.2, 0.25) is 0 Å². The Morgan fingerprint density at radius 2 is 1.86 bits per heavy atom. The Morgan fingerprint density at radius 3 is 2.55 bits per heavy atom. The second-order valence-corrected chi connectivity index (χ2v) is 6.99. The van der Waals surface area contributed by atoms with Gasteiger partial charge in [0, 0.05) is 18.4 Å². The van der Waals surface area contributed by atoms with E-state index in [1.54, 1.807) is 6.07 Å². The third-order valence-electron chi connectivity index (χ3n) is 5.06. The van der Waals surface area contributed by atoms with Crippen molar-refractivity contribution in [3.8, 4) is 5.75 Å². The summed E-state index contributed by atoms with van der Waals surface area (Å²) in [5.41, 5.74) is 3.07. The molecule has 1 amide bonds. The van der Waals surface area contributed by atoms with E-state index in [0.29, 0.717) is 5.56 Å². The van der Waals surface area contributed by atoms with Gasteiger partial charge in [0.1, 0.15) is 0 Å². The summed E-state index contributed by atoms with van der Waals surface area (Å²) in [6.07, 6.45) is 2.87. The van der Waals surface area contributed by atoms with Gasteiger partial charge in [-0.3, -0.25) is 9.59 Å². The Hall–Kier alpha value is -3.22. The molecule has 0 heterocycles. The van der Waals surface area contributed by atoms with Crippen LogP contribution >= 0.6 is 0 Å². The lowest BCUT2D eigenvalue weighted by Crippen LogP contribution is -2.34. The van der Waals surface area contributed by atoms with E-state index in [-0.39, 0.29) is 29.9 Å². The molecule has 0 spiro atoms. The fourth-order valence-corrected chi connectivity index (χ4v) is 3.50. The number of rotatable bonds is 8. The van der Waals surface area contributed by atoms with Crippen LogP contribution in [0.5, 0.6) is 5.75 Å². The highest BCUT2D eigenvalue weighted by Gasteiger charge is 2.24. The van der Waals surface area contributed by atoms with Crippen LogP contribution in [0.4, 0.5) is 4.39 Å². The van der Waals surface area contributed by atoms with Gasteiger partial charge in [0.15, 0.2) is 23.4 Å². The summed E-state index contributed by atoms with van der Waals surface area (Å²) in [6, 6.07) is 7.86. The molecule has 0 saturated heterocycles. The van der Waals surface area contributed by atoms with E-state index in [4.69, 9.17) is 4.74 Å². The van der Waals surface area contributed by atoms with E-state index >= 15 is 0 Å². The summed E-state index contributed by atoms with van der Waals surface area (Å²) < 4.78 is 18.7. The number of carbonyl (C=O) groups is 3. The largest absolute Gasteiger partial charge is 0.494 e. The second-order valence-electron chi connectivity index (χ2n) is 6.99. The van der Waals surface area contributed by atoms with Gasteiger partial charge in [-0.25, -0.2) is 9.18 Å². The smallest absolute Gasteiger partial charge is 0.330 e. The predicted molar refractivity (Wildman–Crippen MR) is 104 cm³/mol. The van der Waals surface area contributed by atoms with Gasteiger partial charge in [0.05, 0.1) is 7.11 Å². The molecule has 1 atom stereocenters. The van der Waals surface area contributed by atoms with Gasteiger partial charge in [0.2, 0.25) is 5.91 Å². The standard InChI is InChI=1S/C22H22FNO5/c1-29-19-9-7-16(12-17(19)23)21(22(27)28)24-20(26)10-8-18(25)15-6-5-13-3-2-4-14(13)11-15/h5-7,9,11-12,21H,2-4,8,10H2,1H3,(H,24,26)(H,27,28). The average Bonchev–Trinajstić information content (AvgIpc) is 3.17. The van der Waals surface area contributed by atoms with Crippen LogP contribution < -0.4 is 10.1 Å². The van der Waals surface area contributed by atoms with Gasteiger partial charge in [0.25, 0.3) is 0 Å². The Kier molecular flexibility index (Phi) is 6.26. The highest BCUT2D eigenvalue weighted by Crippen LogP contribution is 2.24. The van der Waals surface area contributed by atoms with E-state index in [9.17, 15) is 23.9 Å². The first kappa shape index (κ1) is 20.5. The van der Waals surface area contributed by atoms with E-state index < -0.39 is 23.7 Å². The number of ether oxygens (including phenoxy) is 1. The summed E-state index contributed by atoms with van der Waals surface area (Å²) in [5, 5.41) is 11.8. The normalized spacial score (nSPS) is 13.4. The van der Waals surface area contributed by atoms with E-state index in [2.05, 4.69) is 5.32 Å². The van der Waals surface area contributed by atoms with Crippen LogP contribution in [0.1, 0.15) is 52.4 Å². The van der Waals surface area contributed by atoms with Crippen molar-refractivity contribution in [1.82, 2.24) is 5.32 Å². The van der Waals surface area contributed by atoms with E-state index in [0.717, 1.165) is 25.3 Å². The molecule has 0 aliphatic heterocycles. The average molecular weight is 399 g/mol. The van der Waals surface area contributed by atoms with Crippen molar-refractivity contribution in [1.29, 1.82) is 0 Å². The minimum Gasteiger partial charge on any atom is -0.494 e. The monoisotopic (exact) mass is 399 g/mol. The molecule has 2 aromatic carbocycles. The number of Topliss-reactive ketones (excluding diaryl/α,β-unsaturated/α-hetero) is 1. The molecule has 2 N–H and O–H groups in total. The number of halogens is 1. The molecule has 0 fully saturated rings. The number of carboxylic acid groups (broad SMARTS) is 1. The van der Waals surface area contributed by atoms with Crippen molar-refractivity contribution in [2.45, 2.75) is 38.1 Å². The maximum absolute atomic E-state index is 13.9. The van der Waals surface area contributed by atoms with Crippen LogP contribution in [0, 0.1) is 5.82 Å². The summed E-state index contributed by atoms with van der Waals surface area (Å²) in [6.45, 7) is 0. The Labute approximate surface area is 167 Å². The van der Waals surface area contributed by atoms with E-state index in [1.165, 1.54) is 30.4 Å². The maximum atomic E-state index is 13.9. The third-order valence-corrected chi connectivity index (χ3v) is 5.06. The van der Waals surface area contributed by atoms with Crippen molar-refractivity contribution in [2.24, 2.45) is 0 Å². The number of aryl methyl sites for hydroxylation is 2. The second kappa shape index (κ2) is 8.86. The van der Waals surface area contributed by atoms with Gasteiger partial charge >= 0.3 is 5.97 Å². The topological polar surface area (TPSA) is 92.7 Å². The van der Waals surface area contributed by atoms with Gasteiger partial charge in [-0.05, 0) is 54.2 Å². The molecule has 1 unspecified atom stereocenters. The number of nitrogens with one attached hydrogen (secondary N) is 1. The van der Waals surface area contributed by atoms with Crippen molar-refractivity contribution >= 4 is 17.7 Å². The molecule has 6 nitrogen and oxygen atoms in total. The number of benzene rings is 2. The lowest BCUT2D eigenvalue weighted by atomic mass is 10.0. The number of carbonyl (C=O) groups excluding carboxylic acids is 2. The summed E-state index contributed by atoms with van der Waals surface area (Å²) in [7, 11) is 1.30. The molecule has 152 valence electrons. The summed E-state index contributed by atoms with van der Waals surface area (Å²) in [4.78, 5) is 36.1. The predicted octanol–water partition coefficient (Wildman–Crippen LogP) is 3.23. The van der Waals surface area contributed by atoms with Gasteiger partial charge in [-0.15, -0.1) is 0 Å². The zero-order chi connectivity index (χ0) is 21.0. The van der Waals surface area contributed by atoms with Gasteiger partial charge in [-0.1, -0.05) is 18.2 Å². The number of carboxylic acids is 1. The lowest BCUT2D eigenvalue weighted by Gasteiger charge is -2.15. The highest BCUT2D eigenvalue weighted by molar-refractivity contribution is 5.98. The fourth-order valence-electron chi connectivity index (χ4n) is 3.50. The highest BCUT2D eigenvalue weighted by atomic mass is 19.1. The summed E-state index contributed by atoms with van der Waals surface area (Å²) >= 11 is 0. The SMILES string of the molecule is COc1ccc(C(NC(=O)CCC(=O)c2ccc3c(c2)CCC3)C(=O)O)cc1F. The van der Waals surface area contributed by atoms with Crippen LogP contribution in [0.3, 0.4) is 0 Å². The van der Waals surface area contributed by atoms with Gasteiger partial charge in [-0.2, -0.15) is 0 Å². The first-order chi connectivity index (χ1) is 13.9. The Bertz CT molecular complexity index is 956. The molecule has 29 heavy (non-hydrogen) atoms. The molecular weight excluding hydrogens is 377 g/mol. The zero-order valence-corrected chi connectivity index (χ0v) is 16.0. The number of methoxy groups -OCH3 is 1. The molecule has 1 aliphatic carbocycles. The first-order valence-electron chi connectivity index (χ1n) is 9.39. The third kappa shape index (κ3) is 4.80. The van der Waals surface area contributed by atoms with Gasteiger partial charge < -0.3 is 15.2 Å². The number of aliphatic carboxylic acids is 1. The van der Waals surface area contributed by atoms with Crippen LogP contribution in [-0.2, 0) is 22.4 Å². The molecular formula is C22H22FNO5. The molecule has 0 aromatic heterocycles. The Balaban J connectivity index is 1.61. The zero-order valence-electron chi connectivity index (χ0n) is 16.0. The quantitative estimate of drug-likeness (QED) is 0.665. The van der Waals surface area contributed by atoms with Crippen molar-refractivity contribution in [2.75, 3.05) is 7.11 Å². The van der Waals surface area contributed by atoms with Crippen LogP contribution in [-0.4, -0.2) is 29.9 Å². The minimum absolute atomic E-state index is 0.0239. The van der Waals surface area contributed by atoms with E-state index in [1.807, 2.05) is 12.1 Å². The van der Waals surface area contributed by atoms with Crippen molar-refractivity contribution < 1.29 is 28.6 Å². The summed E-state index contributed by atoms with van der Waals surface area (Å²) in [5.74, 6) is -2.84. The number of amides is 1. The lowest BCUT2D eigenvalue weighted by molar-refractivity contribution is -0.142. The molecule has 0 bridgehead atoms. The number of hydrogen-bond donors (Lipinski definition) is 2. The molecule has 0 saturated carbocycles. The molecule has 1 aliphatic rings. The molecule has 3 rings (SSSR count). The van der Waals surface area contributed by atoms with Crippen molar-refractivity contribution in [3.63, 3.8) is 0 Å². The van der Waals surface area contributed by atoms with Crippen LogP contribution in [0.15, 0.2) is 36.4 Å². The number of fused-ring (bicyclic) bond motifs is 1. The van der Waals surface area contributed by atoms with Crippen molar-refractivity contribution in [3.05, 3.63) is 64.5 Å². The molecule has 0 radical (unpaired) electrons. The maximum Gasteiger partial charge on any atom is 0.330 e. The minimum atomic E-state index is -1.42.